The lowest BCUT2D eigenvalue weighted by atomic mass is 10.1. The molecule has 10 nitrogen and oxygen atoms in total. The van der Waals surface area contributed by atoms with Gasteiger partial charge in [0.05, 0.1) is 36.2 Å². The average molecular weight is 549 g/mol. The van der Waals surface area contributed by atoms with Crippen LogP contribution >= 0.6 is 11.6 Å². The van der Waals surface area contributed by atoms with Crippen LogP contribution in [-0.4, -0.2) is 80.4 Å². The molecule has 2 aliphatic rings. The first-order valence-electron chi connectivity index (χ1n) is 11.9. The Labute approximate surface area is 220 Å². The topological polar surface area (TPSA) is 137 Å². The molecule has 0 saturated heterocycles. The van der Waals surface area contributed by atoms with Crippen LogP contribution < -0.4 is 10.6 Å². The molecule has 12 heteroatoms. The number of halogens is 1. The smallest absolute Gasteiger partial charge is 0.413 e. The number of hydrogen-bond donors (Lipinski definition) is 3. The van der Waals surface area contributed by atoms with Gasteiger partial charge in [0.25, 0.3) is 0 Å². The van der Waals surface area contributed by atoms with Crippen molar-refractivity contribution in [2.45, 2.75) is 29.2 Å². The Morgan fingerprint density at radius 2 is 1.86 bits per heavy atom. The van der Waals surface area contributed by atoms with E-state index in [4.69, 9.17) is 16.3 Å². The number of aliphatic imine (C=N–C) groups is 1. The third-order valence-corrected chi connectivity index (χ3v) is 9.19. The Morgan fingerprint density at radius 1 is 1.14 bits per heavy atom. The molecule has 4 rings (SSSR count). The maximum atomic E-state index is 13.0. The maximum Gasteiger partial charge on any atom is 0.413 e. The van der Waals surface area contributed by atoms with Crippen LogP contribution in [0.25, 0.3) is 0 Å². The number of sulfone groups is 1. The number of nitrogens with one attached hydrogen (secondary N) is 2. The van der Waals surface area contributed by atoms with Crippen LogP contribution in [0.15, 0.2) is 58.4 Å². The fourth-order valence-electron chi connectivity index (χ4n) is 4.11. The molecule has 3 N–H and O–H groups in total. The molecule has 1 heterocycles. The normalized spacial score (nSPS) is 16.5. The van der Waals surface area contributed by atoms with Gasteiger partial charge in [-0.1, -0.05) is 48.0 Å². The summed E-state index contributed by atoms with van der Waals surface area (Å²) in [6, 6.07) is 13.7. The van der Waals surface area contributed by atoms with Gasteiger partial charge in [-0.05, 0) is 30.5 Å². The monoisotopic (exact) mass is 548 g/mol. The zero-order valence-corrected chi connectivity index (χ0v) is 21.7. The summed E-state index contributed by atoms with van der Waals surface area (Å²) >= 11 is 6.09. The van der Waals surface area contributed by atoms with E-state index in [1.165, 1.54) is 11.0 Å². The van der Waals surface area contributed by atoms with E-state index in [0.717, 1.165) is 11.1 Å². The quantitative estimate of drug-likeness (QED) is 0.324. The number of carbonyl (C=O) groups excluding carboxylic acids is 1. The van der Waals surface area contributed by atoms with Crippen molar-refractivity contribution in [2.75, 3.05) is 39.4 Å². The summed E-state index contributed by atoms with van der Waals surface area (Å²) in [7, 11) is -3.62. The summed E-state index contributed by atoms with van der Waals surface area (Å²) < 4.78 is 31.4. The number of amides is 1. The highest BCUT2D eigenvalue weighted by Crippen LogP contribution is 2.45. The maximum absolute atomic E-state index is 13.0. The van der Waals surface area contributed by atoms with Crippen LogP contribution in [0.5, 0.6) is 0 Å². The molecular weight excluding hydrogens is 520 g/mol. The zero-order valence-electron chi connectivity index (χ0n) is 20.2. The van der Waals surface area contributed by atoms with Gasteiger partial charge in [0.1, 0.15) is 17.3 Å². The molecule has 0 atom stereocenters. The van der Waals surface area contributed by atoms with Crippen LogP contribution in [0.1, 0.15) is 24.0 Å². The van der Waals surface area contributed by atoms with Crippen LogP contribution in [0.4, 0.5) is 4.79 Å². The van der Waals surface area contributed by atoms with E-state index < -0.39 is 20.8 Å². The Kier molecular flexibility index (Phi) is 8.60. The second-order valence-electron chi connectivity index (χ2n) is 8.89. The highest BCUT2D eigenvalue weighted by molar-refractivity contribution is 7.93. The largest absolute Gasteiger partial charge is 0.465 e. The van der Waals surface area contributed by atoms with E-state index in [2.05, 4.69) is 15.6 Å². The van der Waals surface area contributed by atoms with E-state index in [-0.39, 0.29) is 35.5 Å². The van der Waals surface area contributed by atoms with Gasteiger partial charge in [0.15, 0.2) is 15.6 Å². The number of benzene rings is 2. The molecule has 2 aromatic carbocycles. The second kappa shape index (κ2) is 11.7. The molecule has 0 bridgehead atoms. The molecule has 1 fully saturated rings. The van der Waals surface area contributed by atoms with Gasteiger partial charge >= 0.3 is 6.09 Å². The van der Waals surface area contributed by atoms with Gasteiger partial charge in [-0.15, -0.1) is 0 Å². The van der Waals surface area contributed by atoms with Crippen molar-refractivity contribution in [3.63, 3.8) is 0 Å². The lowest BCUT2D eigenvalue weighted by Gasteiger charge is -2.19. The number of rotatable bonds is 13. The number of carbonyl (C=O) groups is 2. The van der Waals surface area contributed by atoms with Gasteiger partial charge in [-0.25, -0.2) is 13.2 Å². The van der Waals surface area contributed by atoms with Crippen LogP contribution in [0.2, 0.25) is 5.02 Å². The Balaban J connectivity index is 1.14. The summed E-state index contributed by atoms with van der Waals surface area (Å²) in [5.74, 6) is 0.321. The number of carboxylic acid groups (broad SMARTS) is 1. The summed E-state index contributed by atoms with van der Waals surface area (Å²) in [6.45, 7) is 1.81. The van der Waals surface area contributed by atoms with Crippen molar-refractivity contribution in [3.8, 4) is 0 Å². The third kappa shape index (κ3) is 6.36. The number of nitrogens with zero attached hydrogens (tertiary/aromatic N) is 2. The van der Waals surface area contributed by atoms with Crippen molar-refractivity contribution < 1.29 is 27.9 Å². The molecule has 2 aromatic rings. The molecule has 0 radical (unpaired) electrons. The van der Waals surface area contributed by atoms with Gasteiger partial charge in [0, 0.05) is 18.7 Å². The van der Waals surface area contributed by atoms with E-state index in [1.807, 2.05) is 24.3 Å². The molecule has 0 unspecified atom stereocenters. The lowest BCUT2D eigenvalue weighted by Crippen LogP contribution is -2.41. The molecule has 198 valence electrons. The van der Waals surface area contributed by atoms with Crippen molar-refractivity contribution in [1.82, 2.24) is 15.5 Å². The second-order valence-corrected chi connectivity index (χ2v) is 11.5. The van der Waals surface area contributed by atoms with E-state index in [1.54, 1.807) is 18.2 Å². The number of amidine groups is 1. The lowest BCUT2D eigenvalue weighted by molar-refractivity contribution is -0.122. The first-order valence-corrected chi connectivity index (χ1v) is 13.8. The summed E-state index contributed by atoms with van der Waals surface area (Å²) in [5, 5.41) is 15.6. The average Bonchev–Trinajstić information content (AvgIpc) is 3.51. The van der Waals surface area contributed by atoms with Crippen molar-refractivity contribution in [1.29, 1.82) is 0 Å². The minimum Gasteiger partial charge on any atom is -0.465 e. The Hall–Kier alpha value is -2.83. The molecule has 1 aliphatic carbocycles. The van der Waals surface area contributed by atoms with E-state index in [0.29, 0.717) is 44.9 Å². The van der Waals surface area contributed by atoms with Crippen molar-refractivity contribution in [3.05, 3.63) is 64.7 Å². The summed E-state index contributed by atoms with van der Waals surface area (Å²) in [5.41, 5.74) is 1.67. The summed E-state index contributed by atoms with van der Waals surface area (Å²) in [6.07, 6.45) is -0.0280. The van der Waals surface area contributed by atoms with Gasteiger partial charge in [-0.2, -0.15) is 0 Å². The zero-order chi connectivity index (χ0) is 26.5. The molecule has 0 spiro atoms. The molecule has 1 aliphatic heterocycles. The van der Waals surface area contributed by atoms with Crippen molar-refractivity contribution >= 4 is 39.2 Å². The Bertz CT molecular complexity index is 1280. The highest BCUT2D eigenvalue weighted by atomic mass is 35.5. The third-order valence-electron chi connectivity index (χ3n) is 6.24. The van der Waals surface area contributed by atoms with Crippen LogP contribution in [0, 0.1) is 0 Å². The SMILES string of the molecule is O=C(CNCc1ccc(C2=NCCN2C(=O)O)cc1)COCCNC1(S(=O)(=O)c2ccccc2Cl)CC1. The van der Waals surface area contributed by atoms with Crippen molar-refractivity contribution in [2.24, 2.45) is 4.99 Å². The fraction of sp³-hybridized carbons (Fsp3) is 0.400. The molecule has 0 aromatic heterocycles. The highest BCUT2D eigenvalue weighted by Gasteiger charge is 2.55. The number of ether oxygens (including phenoxy) is 1. The van der Waals surface area contributed by atoms with Gasteiger partial charge in [-0.3, -0.25) is 20.0 Å². The van der Waals surface area contributed by atoms with Gasteiger partial charge < -0.3 is 15.2 Å². The molecule has 37 heavy (non-hydrogen) atoms. The first kappa shape index (κ1) is 27.2. The molecule has 1 saturated carbocycles. The minimum absolute atomic E-state index is 0.0806. The predicted molar refractivity (Wildman–Crippen MR) is 139 cm³/mol. The molecular formula is C25H29ClN4O6S. The number of Topliss-reactive ketones (excluding diaryl/α,β-unsaturated/α-hetero) is 1. The first-order chi connectivity index (χ1) is 17.7. The van der Waals surface area contributed by atoms with Gasteiger partial charge in [0.2, 0.25) is 0 Å². The predicted octanol–water partition coefficient (Wildman–Crippen LogP) is 2.31. The minimum atomic E-state index is -3.62. The van der Waals surface area contributed by atoms with Crippen LogP contribution in [-0.2, 0) is 25.9 Å². The van der Waals surface area contributed by atoms with E-state index >= 15 is 0 Å². The summed E-state index contributed by atoms with van der Waals surface area (Å²) in [4.78, 5) is 28.0. The Morgan fingerprint density at radius 3 is 2.54 bits per heavy atom. The fourth-order valence-corrected chi connectivity index (χ4v) is 6.49. The van der Waals surface area contributed by atoms with E-state index in [9.17, 15) is 23.1 Å². The van der Waals surface area contributed by atoms with Crippen LogP contribution in [0.3, 0.4) is 0 Å². The molecule has 1 amide bonds. The standard InChI is InChI=1S/C25H29ClN4O6S/c26-21-3-1-2-4-22(21)37(34,35)25(9-10-25)29-12-14-36-17-20(31)16-27-15-18-5-7-19(8-6-18)23-28-11-13-30(23)24(32)33/h1-8,27,29H,9-17H2,(H,32,33). The number of ketones is 1. The number of hydrogen-bond acceptors (Lipinski definition) is 8.